The molecule has 0 heterocycles. The van der Waals surface area contributed by atoms with Gasteiger partial charge >= 0.3 is 0 Å². The van der Waals surface area contributed by atoms with Gasteiger partial charge in [-0.1, -0.05) is 149 Å². The quantitative estimate of drug-likeness (QED) is 0.416. The predicted molar refractivity (Wildman–Crippen MR) is 127 cm³/mol. The van der Waals surface area contributed by atoms with Crippen LogP contribution in [0.25, 0.3) is 0 Å². The summed E-state index contributed by atoms with van der Waals surface area (Å²) in [7, 11) is 0. The molecule has 0 aliphatic heterocycles. The van der Waals surface area contributed by atoms with Gasteiger partial charge in [-0.25, -0.2) is 0 Å². The molecule has 0 nitrogen and oxygen atoms in total. The van der Waals surface area contributed by atoms with Crippen molar-refractivity contribution in [1.82, 2.24) is 0 Å². The van der Waals surface area contributed by atoms with E-state index >= 15 is 0 Å². The molecule has 0 heteroatoms. The number of hydrogen-bond donors (Lipinski definition) is 0. The van der Waals surface area contributed by atoms with E-state index in [9.17, 15) is 0 Å². The highest BCUT2D eigenvalue weighted by Gasteiger charge is 0.944. The largest absolute Gasteiger partial charge is 0.0776 e. The molecular formula is C21H70. The molecule has 0 aromatic heterocycles. The van der Waals surface area contributed by atoms with E-state index in [1.54, 1.807) is 0 Å². The second-order valence-electron chi connectivity index (χ2n) is 0. The fraction of sp³-hybridized carbons (Fsp3) is 1.00. The molecule has 0 saturated carbocycles. The van der Waals surface area contributed by atoms with Gasteiger partial charge in [-0.2, -0.15) is 0 Å². The lowest BCUT2D eigenvalue weighted by Crippen LogP contribution is -0.856. The van der Waals surface area contributed by atoms with E-state index < -0.39 is 0 Å². The van der Waals surface area contributed by atoms with E-state index in [0.29, 0.717) is 0 Å². The van der Waals surface area contributed by atoms with Crippen molar-refractivity contribution in [2.24, 2.45) is 0 Å². The molecule has 0 spiro atoms. The first-order chi connectivity index (χ1) is 7.00. The Labute approximate surface area is 149 Å². The Morgan fingerprint density at radius 3 is 0.143 bits per heavy atom. The molecule has 0 amide bonds. The maximum atomic E-state index is 2.00. The molecule has 0 atom stereocenters. The van der Waals surface area contributed by atoms with Crippen LogP contribution < -0.4 is 0 Å². The van der Waals surface area contributed by atoms with Crippen LogP contribution in [0.3, 0.4) is 0 Å². The smallest absolute Gasteiger partial charge is 0.0683 e. The number of rotatable bonds is 0. The van der Waals surface area contributed by atoms with E-state index in [-0.39, 0.29) is 52.0 Å². The normalized spacial score (nSPS) is 2.00. The van der Waals surface area contributed by atoms with E-state index in [1.807, 2.05) is 96.9 Å². The van der Waals surface area contributed by atoms with E-state index in [1.165, 1.54) is 0 Å². The van der Waals surface area contributed by atoms with Gasteiger partial charge in [0.15, 0.2) is 0 Å². The summed E-state index contributed by atoms with van der Waals surface area (Å²) < 4.78 is 0. The van der Waals surface area contributed by atoms with Crippen molar-refractivity contribution in [3.05, 3.63) is 0 Å². The fourth-order valence-electron chi connectivity index (χ4n) is 0. The predicted octanol–water partition coefficient (Wildman–Crippen LogP) is 11.6. The van der Waals surface area contributed by atoms with Crippen molar-refractivity contribution < 1.29 is 0 Å². The summed E-state index contributed by atoms with van der Waals surface area (Å²) in [5.41, 5.74) is 0. The molecule has 0 fully saturated rings. The van der Waals surface area contributed by atoms with Crippen LogP contribution in [0, 0.1) is 0 Å². The zero-order valence-electron chi connectivity index (χ0n) is 14.0. The van der Waals surface area contributed by atoms with Gasteiger partial charge in [-0.3, -0.25) is 0 Å². The average molecular weight is 323 g/mol. The number of hydrogen-bond acceptors (Lipinski definition) is 0. The highest BCUT2D eigenvalue weighted by Crippen LogP contribution is 1.16. The zero-order chi connectivity index (χ0) is 14.0. The van der Waals surface area contributed by atoms with Gasteiger partial charge in [-0.05, 0) is 0 Å². The van der Waals surface area contributed by atoms with Gasteiger partial charge in [0.1, 0.15) is 0 Å². The fourth-order valence-corrected chi connectivity index (χ4v) is 0. The second-order valence-corrected chi connectivity index (χ2v) is 0. The Morgan fingerprint density at radius 1 is 0.143 bits per heavy atom. The Kier molecular flexibility index (Phi) is 0. The van der Waals surface area contributed by atoms with Gasteiger partial charge in [0.05, 0.1) is 0 Å². The van der Waals surface area contributed by atoms with Crippen molar-refractivity contribution in [3.63, 3.8) is 0 Å². The summed E-state index contributed by atoms with van der Waals surface area (Å²) in [5.74, 6) is 0. The molecule has 0 N–H and O–H groups in total. The topological polar surface area (TPSA) is 0 Å². The standard InChI is InChI=1S/7C2H6.7CH4/c7*1-2;;;;;;;/h7*1-2H3;7*1H4. The first kappa shape index (κ1) is 171. The first-order valence-corrected chi connectivity index (χ1v) is 7.00. The maximum Gasteiger partial charge on any atom is -0.0683 e. The Hall–Kier alpha value is 0. The Bertz CT molecular complexity index is 0. The molecule has 0 aliphatic rings. The Balaban J connectivity index is -0.00000000215. The molecule has 154 valence electrons. The van der Waals surface area contributed by atoms with Gasteiger partial charge in [0, 0.05) is 0 Å². The van der Waals surface area contributed by atoms with Crippen molar-refractivity contribution >= 4 is 0 Å². The van der Waals surface area contributed by atoms with Crippen LogP contribution in [-0.4, -0.2) is 0 Å². The molecular weight excluding hydrogens is 252 g/mol. The van der Waals surface area contributed by atoms with Crippen LogP contribution in [0.2, 0.25) is 0 Å². The minimum absolute atomic E-state index is 0. The molecule has 0 bridgehead atoms. The van der Waals surface area contributed by atoms with Crippen LogP contribution in [-0.2, 0) is 0 Å². The summed E-state index contributed by atoms with van der Waals surface area (Å²) in [5, 5.41) is 0. The van der Waals surface area contributed by atoms with Crippen LogP contribution in [0.4, 0.5) is 0 Å². The molecule has 0 aliphatic carbocycles. The van der Waals surface area contributed by atoms with Gasteiger partial charge in [0.25, 0.3) is 0 Å². The van der Waals surface area contributed by atoms with Crippen molar-refractivity contribution in [3.8, 4) is 0 Å². The van der Waals surface area contributed by atoms with Gasteiger partial charge < -0.3 is 0 Å². The summed E-state index contributed by atoms with van der Waals surface area (Å²) in [6.45, 7) is 28.0. The molecule has 0 unspecified atom stereocenters. The third-order valence-corrected chi connectivity index (χ3v) is 0. The second kappa shape index (κ2) is 0. The van der Waals surface area contributed by atoms with Crippen molar-refractivity contribution in [2.45, 2.75) is 149 Å². The third kappa shape index (κ3) is 0. The van der Waals surface area contributed by atoms with Crippen molar-refractivity contribution in [1.29, 1.82) is 0 Å². The highest BCUT2D eigenvalue weighted by molar-refractivity contribution is 3.52. The minimum Gasteiger partial charge on any atom is -0.0776 e. The van der Waals surface area contributed by atoms with E-state index in [4.69, 9.17) is 0 Å². The van der Waals surface area contributed by atoms with E-state index in [0.717, 1.165) is 0 Å². The minimum atomic E-state index is 0. The average Bonchev–Trinajstić information content (AvgIpc) is 2.45. The monoisotopic (exact) mass is 323 g/mol. The molecule has 21 heavy (non-hydrogen) atoms. The molecule has 0 saturated heterocycles. The first-order valence-electron chi connectivity index (χ1n) is 7.00. The molecule has 0 rings (SSSR count). The molecule has 0 aromatic carbocycles. The van der Waals surface area contributed by atoms with E-state index in [2.05, 4.69) is 0 Å². The third-order valence-electron chi connectivity index (χ3n) is 0. The van der Waals surface area contributed by atoms with Crippen molar-refractivity contribution in [2.75, 3.05) is 0 Å². The van der Waals surface area contributed by atoms with Crippen LogP contribution in [0.1, 0.15) is 149 Å². The zero-order valence-corrected chi connectivity index (χ0v) is 14.0. The highest BCUT2D eigenvalue weighted by atomic mass is 13.0. The SMILES string of the molecule is C.C.C.C.C.C.C.CC.CC.CC.CC.CC.CC.CC. The van der Waals surface area contributed by atoms with Gasteiger partial charge in [0.2, 0.25) is 0 Å². The van der Waals surface area contributed by atoms with Crippen LogP contribution in [0.5, 0.6) is 0 Å². The molecule has 0 aromatic rings. The lowest BCUT2D eigenvalue weighted by molar-refractivity contribution is 1.50. The van der Waals surface area contributed by atoms with Crippen LogP contribution >= 0.6 is 0 Å². The summed E-state index contributed by atoms with van der Waals surface area (Å²) in [4.78, 5) is 0. The van der Waals surface area contributed by atoms with Crippen LogP contribution in [0.15, 0.2) is 0 Å². The summed E-state index contributed by atoms with van der Waals surface area (Å²) in [6.07, 6.45) is 0. The Morgan fingerprint density at radius 2 is 0.143 bits per heavy atom. The summed E-state index contributed by atoms with van der Waals surface area (Å²) in [6, 6.07) is 0. The molecule has 0 radical (unpaired) electrons. The van der Waals surface area contributed by atoms with Gasteiger partial charge in [-0.15, -0.1) is 0 Å². The summed E-state index contributed by atoms with van der Waals surface area (Å²) >= 11 is 0. The lowest BCUT2D eigenvalue weighted by Gasteiger charge is -1.07. The maximum absolute atomic E-state index is 2.00. The lowest BCUT2D eigenvalue weighted by atomic mass is 11.0.